The predicted octanol–water partition coefficient (Wildman–Crippen LogP) is 3.90. The summed E-state index contributed by atoms with van der Waals surface area (Å²) < 4.78 is 1.06. The van der Waals surface area contributed by atoms with Gasteiger partial charge in [-0.15, -0.1) is 0 Å². The standard InChI is InChI=1S/C15H23BrN2/c1-11(2)12-5-7-18(8-6-12)10-13-3-4-14(16)9-15(13)17/h3-4,9,11-12H,5-8,10,17H2,1-2H3. The highest BCUT2D eigenvalue weighted by Crippen LogP contribution is 2.26. The number of likely N-dealkylation sites (tertiary alicyclic amines) is 1. The topological polar surface area (TPSA) is 29.3 Å². The second-order valence-corrected chi connectivity index (χ2v) is 6.62. The smallest absolute Gasteiger partial charge is 0.0371 e. The molecule has 1 heterocycles. The van der Waals surface area contributed by atoms with Crippen molar-refractivity contribution in [2.24, 2.45) is 11.8 Å². The van der Waals surface area contributed by atoms with Gasteiger partial charge in [-0.25, -0.2) is 0 Å². The molecule has 1 fully saturated rings. The van der Waals surface area contributed by atoms with Gasteiger partial charge in [-0.1, -0.05) is 35.8 Å². The number of benzene rings is 1. The van der Waals surface area contributed by atoms with Crippen LogP contribution >= 0.6 is 15.9 Å². The van der Waals surface area contributed by atoms with E-state index in [1.54, 1.807) is 0 Å². The zero-order chi connectivity index (χ0) is 13.1. The molecule has 1 aromatic rings. The van der Waals surface area contributed by atoms with Crippen molar-refractivity contribution in [1.82, 2.24) is 4.90 Å². The number of anilines is 1. The normalized spacial score (nSPS) is 18.4. The van der Waals surface area contributed by atoms with Gasteiger partial charge in [0, 0.05) is 16.7 Å². The summed E-state index contributed by atoms with van der Waals surface area (Å²) >= 11 is 3.45. The molecule has 0 atom stereocenters. The van der Waals surface area contributed by atoms with Crippen LogP contribution in [0.3, 0.4) is 0 Å². The van der Waals surface area contributed by atoms with Gasteiger partial charge in [-0.05, 0) is 55.5 Å². The lowest BCUT2D eigenvalue weighted by atomic mass is 9.86. The van der Waals surface area contributed by atoms with Crippen molar-refractivity contribution in [3.63, 3.8) is 0 Å². The average molecular weight is 311 g/mol. The maximum atomic E-state index is 6.06. The zero-order valence-electron chi connectivity index (χ0n) is 11.3. The lowest BCUT2D eigenvalue weighted by molar-refractivity contribution is 0.152. The van der Waals surface area contributed by atoms with E-state index in [0.29, 0.717) is 0 Å². The molecule has 2 N–H and O–H groups in total. The lowest BCUT2D eigenvalue weighted by Gasteiger charge is -2.34. The molecule has 1 aromatic carbocycles. The van der Waals surface area contributed by atoms with Crippen molar-refractivity contribution in [3.05, 3.63) is 28.2 Å². The van der Waals surface area contributed by atoms with Crippen LogP contribution in [-0.4, -0.2) is 18.0 Å². The minimum atomic E-state index is 0.824. The van der Waals surface area contributed by atoms with E-state index in [4.69, 9.17) is 5.73 Å². The van der Waals surface area contributed by atoms with Crippen LogP contribution in [-0.2, 0) is 6.54 Å². The van der Waals surface area contributed by atoms with E-state index < -0.39 is 0 Å². The largest absolute Gasteiger partial charge is 0.398 e. The van der Waals surface area contributed by atoms with Crippen molar-refractivity contribution in [3.8, 4) is 0 Å². The van der Waals surface area contributed by atoms with Crippen molar-refractivity contribution in [1.29, 1.82) is 0 Å². The highest BCUT2D eigenvalue weighted by molar-refractivity contribution is 9.10. The summed E-state index contributed by atoms with van der Waals surface area (Å²) in [6, 6.07) is 6.21. The predicted molar refractivity (Wildman–Crippen MR) is 81.4 cm³/mol. The molecule has 0 radical (unpaired) electrons. The van der Waals surface area contributed by atoms with Gasteiger partial charge in [0.05, 0.1) is 0 Å². The van der Waals surface area contributed by atoms with E-state index >= 15 is 0 Å². The molecule has 18 heavy (non-hydrogen) atoms. The molecule has 0 bridgehead atoms. The Balaban J connectivity index is 1.91. The van der Waals surface area contributed by atoms with Crippen LogP contribution in [0.15, 0.2) is 22.7 Å². The second-order valence-electron chi connectivity index (χ2n) is 5.70. The van der Waals surface area contributed by atoms with Gasteiger partial charge < -0.3 is 5.73 Å². The fourth-order valence-electron chi connectivity index (χ4n) is 2.73. The quantitative estimate of drug-likeness (QED) is 0.858. The number of halogens is 1. The van der Waals surface area contributed by atoms with Gasteiger partial charge in [-0.2, -0.15) is 0 Å². The monoisotopic (exact) mass is 310 g/mol. The minimum absolute atomic E-state index is 0.824. The van der Waals surface area contributed by atoms with Gasteiger partial charge in [0.1, 0.15) is 0 Å². The Kier molecular flexibility index (Phi) is 4.68. The van der Waals surface area contributed by atoms with E-state index in [9.17, 15) is 0 Å². The molecule has 1 aliphatic rings. The van der Waals surface area contributed by atoms with Crippen LogP contribution in [0.2, 0.25) is 0 Å². The number of nitrogen functional groups attached to an aromatic ring is 1. The molecule has 2 nitrogen and oxygen atoms in total. The summed E-state index contributed by atoms with van der Waals surface area (Å²) in [5.74, 6) is 1.73. The van der Waals surface area contributed by atoms with Crippen LogP contribution in [0.25, 0.3) is 0 Å². The Labute approximate surface area is 119 Å². The molecule has 1 saturated heterocycles. The van der Waals surface area contributed by atoms with Crippen molar-refractivity contribution < 1.29 is 0 Å². The summed E-state index contributed by atoms with van der Waals surface area (Å²) in [7, 11) is 0. The van der Waals surface area contributed by atoms with Gasteiger partial charge in [0.15, 0.2) is 0 Å². The summed E-state index contributed by atoms with van der Waals surface area (Å²) in [5, 5.41) is 0. The molecule has 0 aromatic heterocycles. The van der Waals surface area contributed by atoms with Crippen molar-refractivity contribution in [2.75, 3.05) is 18.8 Å². The highest BCUT2D eigenvalue weighted by atomic mass is 79.9. The minimum Gasteiger partial charge on any atom is -0.398 e. The molecule has 0 spiro atoms. The van der Waals surface area contributed by atoms with Gasteiger partial charge in [0.2, 0.25) is 0 Å². The average Bonchev–Trinajstić information content (AvgIpc) is 2.33. The number of nitrogens with two attached hydrogens (primary N) is 1. The molecule has 100 valence electrons. The first kappa shape index (κ1) is 13.9. The van der Waals surface area contributed by atoms with Crippen LogP contribution in [0.1, 0.15) is 32.3 Å². The first-order chi connectivity index (χ1) is 8.56. The fraction of sp³-hybridized carbons (Fsp3) is 0.600. The Bertz CT molecular complexity index is 395. The molecule has 0 aliphatic carbocycles. The SMILES string of the molecule is CC(C)C1CCN(Cc2ccc(Br)cc2N)CC1. The first-order valence-corrected chi connectivity index (χ1v) is 7.62. The first-order valence-electron chi connectivity index (χ1n) is 6.82. The Morgan fingerprint density at radius 3 is 2.56 bits per heavy atom. The van der Waals surface area contributed by atoms with Gasteiger partial charge in [-0.3, -0.25) is 4.90 Å². The molecule has 0 saturated carbocycles. The summed E-state index contributed by atoms with van der Waals surface area (Å²) in [4.78, 5) is 2.53. The third-order valence-corrected chi connectivity index (χ3v) is 4.57. The third-order valence-electron chi connectivity index (χ3n) is 4.08. The van der Waals surface area contributed by atoms with Crippen LogP contribution < -0.4 is 5.73 Å². The number of rotatable bonds is 3. The Morgan fingerprint density at radius 1 is 1.33 bits per heavy atom. The van der Waals surface area contributed by atoms with Gasteiger partial charge in [0.25, 0.3) is 0 Å². The molecular weight excluding hydrogens is 288 g/mol. The highest BCUT2D eigenvalue weighted by Gasteiger charge is 2.21. The number of piperidine rings is 1. The number of hydrogen-bond donors (Lipinski definition) is 1. The molecule has 3 heteroatoms. The summed E-state index contributed by atoms with van der Waals surface area (Å²) in [5.41, 5.74) is 8.21. The second kappa shape index (κ2) is 6.07. The Hall–Kier alpha value is -0.540. The molecular formula is C15H23BrN2. The molecule has 2 rings (SSSR count). The molecule has 0 amide bonds. The van der Waals surface area contributed by atoms with E-state index in [-0.39, 0.29) is 0 Å². The van der Waals surface area contributed by atoms with E-state index in [2.05, 4.69) is 46.8 Å². The fourth-order valence-corrected chi connectivity index (χ4v) is 3.11. The van der Waals surface area contributed by atoms with E-state index in [1.165, 1.54) is 31.5 Å². The van der Waals surface area contributed by atoms with E-state index in [0.717, 1.165) is 28.5 Å². The van der Waals surface area contributed by atoms with E-state index in [1.807, 2.05) is 6.07 Å². The maximum Gasteiger partial charge on any atom is 0.0371 e. The summed E-state index contributed by atoms with van der Waals surface area (Å²) in [6.45, 7) is 8.08. The van der Waals surface area contributed by atoms with Crippen LogP contribution in [0.5, 0.6) is 0 Å². The third kappa shape index (κ3) is 3.48. The number of hydrogen-bond acceptors (Lipinski definition) is 2. The summed E-state index contributed by atoms with van der Waals surface area (Å²) in [6.07, 6.45) is 2.65. The maximum absolute atomic E-state index is 6.06. The number of nitrogens with zero attached hydrogens (tertiary/aromatic N) is 1. The zero-order valence-corrected chi connectivity index (χ0v) is 12.9. The van der Waals surface area contributed by atoms with Crippen LogP contribution in [0.4, 0.5) is 5.69 Å². The molecule has 0 unspecified atom stereocenters. The Morgan fingerprint density at radius 2 is 2.00 bits per heavy atom. The molecule has 1 aliphatic heterocycles. The van der Waals surface area contributed by atoms with Crippen LogP contribution in [0, 0.1) is 11.8 Å². The lowest BCUT2D eigenvalue weighted by Crippen LogP contribution is -2.34. The van der Waals surface area contributed by atoms with Crippen molar-refractivity contribution >= 4 is 21.6 Å². The van der Waals surface area contributed by atoms with Crippen molar-refractivity contribution in [2.45, 2.75) is 33.2 Å². The van der Waals surface area contributed by atoms with Gasteiger partial charge >= 0.3 is 0 Å².